The van der Waals surface area contributed by atoms with E-state index < -0.39 is 79.4 Å². The Morgan fingerprint density at radius 2 is 1.82 bits per heavy atom. The minimum Gasteiger partial charge on any atom is -0.472 e. The second kappa shape index (κ2) is 7.48. The molecule has 10 atom stereocenters. The van der Waals surface area contributed by atoms with Crippen molar-refractivity contribution in [2.24, 2.45) is 5.92 Å². The van der Waals surface area contributed by atoms with Crippen molar-refractivity contribution >= 4 is 5.97 Å². The van der Waals surface area contributed by atoms with E-state index in [0.717, 1.165) is 19.3 Å². The number of carbonyl (C=O) groups excluding carboxylic acids is 1. The van der Waals surface area contributed by atoms with Gasteiger partial charge in [0.25, 0.3) is 0 Å². The van der Waals surface area contributed by atoms with E-state index in [1.54, 1.807) is 0 Å². The summed E-state index contributed by atoms with van der Waals surface area (Å²) in [4.78, 5) is 11.4. The molecule has 3 aliphatic rings. The lowest BCUT2D eigenvalue weighted by Gasteiger charge is -2.45. The van der Waals surface area contributed by atoms with Gasteiger partial charge in [-0.05, 0) is 6.08 Å². The fourth-order valence-electron chi connectivity index (χ4n) is 3.86. The Labute approximate surface area is 159 Å². The SMILES string of the molecule is CC(=O)O[C@]1(O)C[C@@H](O)[C@]2(O)C=COC(O[C@@H]3O[C@H](CO)[C@@H](O)[C@H](O)[C@H]3O)C12. The standard InChI is InChI=1S/C16H24O12/c1-6(18)28-16(24)4-8(19)15(23)2-3-25-14(12(15)16)27-13-11(22)10(21)9(20)7(5-17)26-13/h2-3,7-14,17,19-24H,4-5H2,1H3/t7-,8-,9-,10+,11-,12?,13+,14?,15-,16-/m1/s1. The summed E-state index contributed by atoms with van der Waals surface area (Å²) in [6.07, 6.45) is -9.64. The quantitative estimate of drug-likeness (QED) is 0.176. The number of esters is 1. The van der Waals surface area contributed by atoms with E-state index >= 15 is 0 Å². The molecule has 2 fully saturated rings. The molecule has 1 aliphatic carbocycles. The number of ether oxygens (including phenoxy) is 4. The van der Waals surface area contributed by atoms with Gasteiger partial charge in [-0.1, -0.05) is 0 Å². The molecule has 1 saturated carbocycles. The normalized spacial score (nSPS) is 50.7. The summed E-state index contributed by atoms with van der Waals surface area (Å²) >= 11 is 0. The van der Waals surface area contributed by atoms with E-state index in [4.69, 9.17) is 18.9 Å². The lowest BCUT2D eigenvalue weighted by molar-refractivity contribution is -0.363. The Kier molecular flexibility index (Phi) is 5.71. The van der Waals surface area contributed by atoms with E-state index in [1.165, 1.54) is 0 Å². The molecule has 0 aromatic rings. The van der Waals surface area contributed by atoms with Gasteiger partial charge in [0.15, 0.2) is 6.29 Å². The number of hydrogen-bond acceptors (Lipinski definition) is 12. The molecule has 3 rings (SSSR count). The highest BCUT2D eigenvalue weighted by Crippen LogP contribution is 2.50. The molecule has 7 N–H and O–H groups in total. The van der Waals surface area contributed by atoms with Gasteiger partial charge in [-0.3, -0.25) is 4.79 Å². The third kappa shape index (κ3) is 3.40. The van der Waals surface area contributed by atoms with Gasteiger partial charge in [-0.2, -0.15) is 0 Å². The summed E-state index contributed by atoms with van der Waals surface area (Å²) in [7, 11) is 0. The van der Waals surface area contributed by atoms with Gasteiger partial charge in [0.1, 0.15) is 35.9 Å². The molecule has 0 radical (unpaired) electrons. The van der Waals surface area contributed by atoms with Gasteiger partial charge in [0.2, 0.25) is 12.1 Å². The van der Waals surface area contributed by atoms with E-state index in [-0.39, 0.29) is 0 Å². The van der Waals surface area contributed by atoms with Crippen LogP contribution in [0.15, 0.2) is 12.3 Å². The zero-order chi connectivity index (χ0) is 20.9. The van der Waals surface area contributed by atoms with Crippen LogP contribution in [0.5, 0.6) is 0 Å². The van der Waals surface area contributed by atoms with Crippen LogP contribution in [0.2, 0.25) is 0 Å². The van der Waals surface area contributed by atoms with Crippen molar-refractivity contribution in [1.82, 2.24) is 0 Å². The number of aliphatic hydroxyl groups excluding tert-OH is 5. The molecule has 2 heterocycles. The molecule has 28 heavy (non-hydrogen) atoms. The minimum absolute atomic E-state index is 0.546. The zero-order valence-corrected chi connectivity index (χ0v) is 14.9. The van der Waals surface area contributed by atoms with Crippen LogP contribution in [0, 0.1) is 5.92 Å². The van der Waals surface area contributed by atoms with Gasteiger partial charge < -0.3 is 54.7 Å². The highest BCUT2D eigenvalue weighted by atomic mass is 16.8. The van der Waals surface area contributed by atoms with E-state index in [2.05, 4.69) is 0 Å². The molecule has 0 bridgehead atoms. The van der Waals surface area contributed by atoms with E-state index in [0.29, 0.717) is 0 Å². The van der Waals surface area contributed by atoms with Crippen molar-refractivity contribution in [3.05, 3.63) is 12.3 Å². The first-order valence-electron chi connectivity index (χ1n) is 8.65. The smallest absolute Gasteiger partial charge is 0.305 e. The average molecular weight is 408 g/mol. The monoisotopic (exact) mass is 408 g/mol. The zero-order valence-electron chi connectivity index (χ0n) is 14.9. The maximum atomic E-state index is 11.4. The summed E-state index contributed by atoms with van der Waals surface area (Å²) in [5, 5.41) is 70.8. The first-order chi connectivity index (χ1) is 13.0. The van der Waals surface area contributed by atoms with Crippen molar-refractivity contribution in [2.75, 3.05) is 6.61 Å². The molecular formula is C16H24O12. The van der Waals surface area contributed by atoms with Crippen LogP contribution in [0.1, 0.15) is 13.3 Å². The number of carbonyl (C=O) groups is 1. The van der Waals surface area contributed by atoms with Crippen LogP contribution >= 0.6 is 0 Å². The largest absolute Gasteiger partial charge is 0.472 e. The highest BCUT2D eigenvalue weighted by molar-refractivity contribution is 5.66. The summed E-state index contributed by atoms with van der Waals surface area (Å²) in [6, 6.07) is 0. The Morgan fingerprint density at radius 1 is 1.14 bits per heavy atom. The molecule has 2 aliphatic heterocycles. The fourth-order valence-corrected chi connectivity index (χ4v) is 3.86. The molecule has 2 unspecified atom stereocenters. The first kappa shape index (κ1) is 21.4. The predicted molar refractivity (Wildman–Crippen MR) is 84.6 cm³/mol. The molecule has 0 aromatic carbocycles. The topological polar surface area (TPSA) is 196 Å². The number of aliphatic hydroxyl groups is 7. The van der Waals surface area contributed by atoms with Crippen LogP contribution in [-0.4, -0.2) is 103 Å². The van der Waals surface area contributed by atoms with E-state index in [9.17, 15) is 40.5 Å². The highest BCUT2D eigenvalue weighted by Gasteiger charge is 2.68. The van der Waals surface area contributed by atoms with Crippen molar-refractivity contribution in [3.63, 3.8) is 0 Å². The number of hydrogen-bond donors (Lipinski definition) is 7. The van der Waals surface area contributed by atoms with Crippen LogP contribution < -0.4 is 0 Å². The molecule has 0 spiro atoms. The molecule has 1 saturated heterocycles. The van der Waals surface area contributed by atoms with Gasteiger partial charge in [-0.15, -0.1) is 0 Å². The van der Waals surface area contributed by atoms with Crippen LogP contribution in [0.3, 0.4) is 0 Å². The Hall–Kier alpha value is -1.35. The predicted octanol–water partition coefficient (Wildman–Crippen LogP) is -3.96. The van der Waals surface area contributed by atoms with Gasteiger partial charge in [-0.25, -0.2) is 0 Å². The summed E-state index contributed by atoms with van der Waals surface area (Å²) in [5.74, 6) is -4.81. The van der Waals surface area contributed by atoms with Crippen LogP contribution in [0.25, 0.3) is 0 Å². The number of rotatable bonds is 4. The Morgan fingerprint density at radius 3 is 2.43 bits per heavy atom. The lowest BCUT2D eigenvalue weighted by atomic mass is 9.85. The maximum Gasteiger partial charge on any atom is 0.305 e. The van der Waals surface area contributed by atoms with Gasteiger partial charge in [0, 0.05) is 13.3 Å². The molecular weight excluding hydrogens is 384 g/mol. The maximum absolute atomic E-state index is 11.4. The molecule has 0 amide bonds. The summed E-state index contributed by atoms with van der Waals surface area (Å²) in [6.45, 7) is 0.328. The minimum atomic E-state index is -2.37. The molecule has 12 heteroatoms. The Balaban J connectivity index is 1.87. The van der Waals surface area contributed by atoms with Gasteiger partial charge >= 0.3 is 5.97 Å². The summed E-state index contributed by atoms with van der Waals surface area (Å²) < 4.78 is 20.8. The van der Waals surface area contributed by atoms with Crippen molar-refractivity contribution in [3.8, 4) is 0 Å². The van der Waals surface area contributed by atoms with E-state index in [1.807, 2.05) is 0 Å². The van der Waals surface area contributed by atoms with Crippen molar-refractivity contribution < 1.29 is 59.5 Å². The second-order valence-corrected chi connectivity index (χ2v) is 7.16. The van der Waals surface area contributed by atoms with Gasteiger partial charge in [0.05, 0.1) is 19.0 Å². The molecule has 0 aromatic heterocycles. The van der Waals surface area contributed by atoms with Crippen LogP contribution in [0.4, 0.5) is 0 Å². The first-order valence-corrected chi connectivity index (χ1v) is 8.65. The van der Waals surface area contributed by atoms with Crippen molar-refractivity contribution in [2.45, 2.75) is 67.8 Å². The number of fused-ring (bicyclic) bond motifs is 1. The average Bonchev–Trinajstić information content (AvgIpc) is 2.81. The second-order valence-electron chi connectivity index (χ2n) is 7.16. The van der Waals surface area contributed by atoms with Crippen molar-refractivity contribution in [1.29, 1.82) is 0 Å². The third-order valence-corrected chi connectivity index (χ3v) is 5.26. The molecule has 160 valence electrons. The third-order valence-electron chi connectivity index (χ3n) is 5.26. The lowest BCUT2D eigenvalue weighted by Crippen LogP contribution is -2.62. The fraction of sp³-hybridized carbons (Fsp3) is 0.812. The van der Waals surface area contributed by atoms with Crippen LogP contribution in [-0.2, 0) is 23.7 Å². The molecule has 12 nitrogen and oxygen atoms in total. The summed E-state index contributed by atoms with van der Waals surface area (Å²) in [5.41, 5.74) is -2.10. The Bertz CT molecular complexity index is 625.